The third kappa shape index (κ3) is 3.88. The minimum Gasteiger partial charge on any atom is -0.340 e. The number of benzene rings is 1. The van der Waals surface area contributed by atoms with E-state index in [9.17, 15) is 22.8 Å². The summed E-state index contributed by atoms with van der Waals surface area (Å²) in [5, 5.41) is 0. The summed E-state index contributed by atoms with van der Waals surface area (Å²) < 4.78 is 26.8. The Morgan fingerprint density at radius 1 is 0.900 bits per heavy atom. The van der Waals surface area contributed by atoms with Gasteiger partial charge in [-0.2, -0.15) is 4.31 Å². The summed E-state index contributed by atoms with van der Waals surface area (Å²) in [5.41, 5.74) is 0. The van der Waals surface area contributed by atoms with Crippen LogP contribution < -0.4 is 0 Å². The van der Waals surface area contributed by atoms with Crippen LogP contribution in [0.2, 0.25) is 0 Å². The van der Waals surface area contributed by atoms with Crippen molar-refractivity contribution in [2.45, 2.75) is 37.0 Å². The molecule has 0 radical (unpaired) electrons. The fourth-order valence-corrected chi connectivity index (χ4v) is 6.18. The number of carbonyl (C=O) groups is 3. The summed E-state index contributed by atoms with van der Waals surface area (Å²) in [7, 11) is -3.57. The summed E-state index contributed by atoms with van der Waals surface area (Å²) in [4.78, 5) is 40.8. The van der Waals surface area contributed by atoms with Gasteiger partial charge in [-0.1, -0.05) is 31.0 Å². The number of fused-ring (bicyclic) bond motifs is 1. The molecular formula is C21H27N3O5S. The van der Waals surface area contributed by atoms with Gasteiger partial charge in [-0.25, -0.2) is 8.42 Å². The van der Waals surface area contributed by atoms with Crippen molar-refractivity contribution >= 4 is 27.7 Å². The molecule has 2 saturated heterocycles. The van der Waals surface area contributed by atoms with Crippen LogP contribution in [-0.4, -0.2) is 73.0 Å². The molecule has 2 atom stereocenters. The van der Waals surface area contributed by atoms with E-state index in [4.69, 9.17) is 0 Å². The molecule has 30 heavy (non-hydrogen) atoms. The molecule has 3 fully saturated rings. The van der Waals surface area contributed by atoms with E-state index in [0.29, 0.717) is 13.1 Å². The first kappa shape index (κ1) is 21.0. The number of nitrogens with zero attached hydrogens (tertiary/aromatic N) is 3. The Bertz CT molecular complexity index is 901. The van der Waals surface area contributed by atoms with Crippen molar-refractivity contribution < 1.29 is 22.8 Å². The average Bonchev–Trinajstić information content (AvgIpc) is 3.03. The Morgan fingerprint density at radius 2 is 1.47 bits per heavy atom. The molecule has 162 valence electrons. The summed E-state index contributed by atoms with van der Waals surface area (Å²) in [6.45, 7) is 1.19. The Balaban J connectivity index is 1.30. The number of likely N-dealkylation sites (tertiary alicyclic amines) is 1. The molecule has 0 N–H and O–H groups in total. The first-order valence-corrected chi connectivity index (χ1v) is 12.0. The van der Waals surface area contributed by atoms with Gasteiger partial charge < -0.3 is 4.90 Å². The van der Waals surface area contributed by atoms with Gasteiger partial charge in [0, 0.05) is 39.1 Å². The number of sulfonamides is 1. The number of carbonyl (C=O) groups excluding carboxylic acids is 3. The summed E-state index contributed by atoms with van der Waals surface area (Å²) >= 11 is 0. The van der Waals surface area contributed by atoms with E-state index in [1.54, 1.807) is 35.2 Å². The van der Waals surface area contributed by atoms with Crippen LogP contribution in [0, 0.1) is 11.8 Å². The highest BCUT2D eigenvalue weighted by atomic mass is 32.2. The number of hydrogen-bond donors (Lipinski definition) is 0. The lowest BCUT2D eigenvalue weighted by Crippen LogP contribution is -2.51. The standard InChI is InChI=1S/C21H27N3O5S/c25-19(10-11-24-20(26)17-8-4-5-9-18(17)21(24)27)22-12-14-23(15-13-22)30(28,29)16-6-2-1-3-7-16/h1-3,6-7,17-18H,4-5,8-15H2/t17-,18-/m0/s1. The highest BCUT2D eigenvalue weighted by molar-refractivity contribution is 7.89. The van der Waals surface area contributed by atoms with Gasteiger partial charge in [0.25, 0.3) is 0 Å². The molecule has 3 aliphatic rings. The van der Waals surface area contributed by atoms with E-state index in [0.717, 1.165) is 25.7 Å². The molecule has 9 heteroatoms. The fourth-order valence-electron chi connectivity index (χ4n) is 4.74. The van der Waals surface area contributed by atoms with Crippen molar-refractivity contribution in [1.82, 2.24) is 14.1 Å². The van der Waals surface area contributed by atoms with E-state index >= 15 is 0 Å². The number of amides is 3. The molecule has 1 aromatic rings. The van der Waals surface area contributed by atoms with Gasteiger partial charge in [-0.3, -0.25) is 19.3 Å². The molecule has 0 spiro atoms. The monoisotopic (exact) mass is 433 g/mol. The van der Waals surface area contributed by atoms with Gasteiger partial charge in [0.2, 0.25) is 27.7 Å². The molecular weight excluding hydrogens is 406 g/mol. The van der Waals surface area contributed by atoms with Gasteiger partial charge >= 0.3 is 0 Å². The molecule has 1 aliphatic carbocycles. The third-order valence-corrected chi connectivity index (χ3v) is 8.37. The summed E-state index contributed by atoms with van der Waals surface area (Å²) in [6, 6.07) is 8.26. The zero-order valence-electron chi connectivity index (χ0n) is 16.9. The molecule has 3 amide bonds. The second kappa shape index (κ2) is 8.47. The van der Waals surface area contributed by atoms with Crippen LogP contribution in [-0.2, 0) is 24.4 Å². The van der Waals surface area contributed by atoms with Crippen LogP contribution in [0.1, 0.15) is 32.1 Å². The molecule has 0 unspecified atom stereocenters. The zero-order valence-corrected chi connectivity index (χ0v) is 17.7. The second-order valence-electron chi connectivity index (χ2n) is 8.17. The summed E-state index contributed by atoms with van der Waals surface area (Å²) in [5.74, 6) is -0.809. The minimum absolute atomic E-state index is 0.0857. The van der Waals surface area contributed by atoms with Crippen LogP contribution >= 0.6 is 0 Å². The average molecular weight is 434 g/mol. The quantitative estimate of drug-likeness (QED) is 0.648. The summed E-state index contributed by atoms with van der Waals surface area (Å²) in [6.07, 6.45) is 3.56. The van der Waals surface area contributed by atoms with E-state index in [-0.39, 0.29) is 60.5 Å². The first-order chi connectivity index (χ1) is 14.4. The predicted molar refractivity (Wildman–Crippen MR) is 109 cm³/mol. The smallest absolute Gasteiger partial charge is 0.243 e. The van der Waals surface area contributed by atoms with Crippen molar-refractivity contribution in [3.05, 3.63) is 30.3 Å². The van der Waals surface area contributed by atoms with Gasteiger partial charge in [0.15, 0.2) is 0 Å². The van der Waals surface area contributed by atoms with E-state index in [2.05, 4.69) is 0 Å². The van der Waals surface area contributed by atoms with Gasteiger partial charge in [-0.05, 0) is 25.0 Å². The van der Waals surface area contributed by atoms with Crippen LogP contribution in [0.4, 0.5) is 0 Å². The Labute approximate surface area is 176 Å². The van der Waals surface area contributed by atoms with Gasteiger partial charge in [0.1, 0.15) is 0 Å². The Hall–Kier alpha value is -2.26. The van der Waals surface area contributed by atoms with Crippen molar-refractivity contribution in [3.63, 3.8) is 0 Å². The molecule has 1 aromatic carbocycles. The minimum atomic E-state index is -3.57. The Morgan fingerprint density at radius 3 is 2.03 bits per heavy atom. The van der Waals surface area contributed by atoms with Crippen LogP contribution in [0.3, 0.4) is 0 Å². The third-order valence-electron chi connectivity index (χ3n) is 6.45. The van der Waals surface area contributed by atoms with E-state index < -0.39 is 10.0 Å². The molecule has 2 aliphatic heterocycles. The maximum Gasteiger partial charge on any atom is 0.243 e. The topological polar surface area (TPSA) is 95.1 Å². The van der Waals surface area contributed by atoms with Crippen LogP contribution in [0.25, 0.3) is 0 Å². The van der Waals surface area contributed by atoms with E-state index in [1.807, 2.05) is 0 Å². The van der Waals surface area contributed by atoms with Crippen LogP contribution in [0.15, 0.2) is 35.2 Å². The van der Waals surface area contributed by atoms with Crippen molar-refractivity contribution in [1.29, 1.82) is 0 Å². The largest absolute Gasteiger partial charge is 0.340 e. The number of rotatable bonds is 5. The number of hydrogen-bond acceptors (Lipinski definition) is 5. The zero-order chi connectivity index (χ0) is 21.3. The lowest BCUT2D eigenvalue weighted by molar-refractivity contribution is -0.141. The van der Waals surface area contributed by atoms with Crippen molar-refractivity contribution in [3.8, 4) is 0 Å². The van der Waals surface area contributed by atoms with E-state index in [1.165, 1.54) is 9.21 Å². The maximum atomic E-state index is 12.7. The first-order valence-electron chi connectivity index (χ1n) is 10.6. The van der Waals surface area contributed by atoms with Crippen molar-refractivity contribution in [2.24, 2.45) is 11.8 Å². The lowest BCUT2D eigenvalue weighted by Gasteiger charge is -2.34. The normalized spacial score (nSPS) is 25.5. The molecule has 8 nitrogen and oxygen atoms in total. The second-order valence-corrected chi connectivity index (χ2v) is 10.1. The molecule has 0 aromatic heterocycles. The molecule has 2 heterocycles. The van der Waals surface area contributed by atoms with Crippen molar-refractivity contribution in [2.75, 3.05) is 32.7 Å². The highest BCUT2D eigenvalue weighted by Gasteiger charge is 2.48. The molecule has 1 saturated carbocycles. The molecule has 4 rings (SSSR count). The predicted octanol–water partition coefficient (Wildman–Crippen LogP) is 1.08. The van der Waals surface area contributed by atoms with Gasteiger partial charge in [-0.15, -0.1) is 0 Å². The Kier molecular flexibility index (Phi) is 5.92. The number of piperazine rings is 1. The highest BCUT2D eigenvalue weighted by Crippen LogP contribution is 2.38. The molecule has 0 bridgehead atoms. The van der Waals surface area contributed by atoms with Gasteiger partial charge in [0.05, 0.1) is 16.7 Å². The number of imide groups is 1. The fraction of sp³-hybridized carbons (Fsp3) is 0.571. The lowest BCUT2D eigenvalue weighted by atomic mass is 9.81. The maximum absolute atomic E-state index is 12.7. The SMILES string of the molecule is O=C(CCN1C(=O)[C@H]2CCCC[C@@H]2C1=O)N1CCN(S(=O)(=O)c2ccccc2)CC1. The van der Waals surface area contributed by atoms with Crippen LogP contribution in [0.5, 0.6) is 0 Å².